The van der Waals surface area contributed by atoms with Gasteiger partial charge >= 0.3 is 0 Å². The molecule has 4 heterocycles. The first kappa shape index (κ1) is 45.2. The number of aliphatic hydroxyl groups excluding tert-OH is 7. The molecule has 19 heteroatoms. The summed E-state index contributed by atoms with van der Waals surface area (Å²) in [5, 5.41) is 75.2. The second kappa shape index (κ2) is 20.8. The minimum absolute atomic E-state index is 0.464. The van der Waals surface area contributed by atoms with Crippen molar-refractivity contribution in [3.8, 4) is 0 Å². The topological polar surface area (TPSA) is 268 Å². The standard InChI is InChI=1S/C37H46Cl2N2O15/c1-18(38)11-10-13-20(39)12-8-6-4-3-5-7-9-14-22(42)26-28(46)21(15-25(40)44)41(34(26)51)35-33(29(47)23(43)16-52-35)56-36-32(50)30(48)24(17-53-36)55-37-31(49)27(45)19(2)54-37/h3-14,19,21,23-24,27,29-33,35-37,42-43,45,47-50H,15-17H2,1-2H3,(H2,40,44). The molecule has 0 saturated carbocycles. The van der Waals surface area contributed by atoms with E-state index in [0.717, 1.165) is 11.0 Å². The number of likely N-dealkylation sites (tertiary alicyclic amines) is 1. The maximum atomic E-state index is 13.8. The number of hydrogen-bond acceptors (Lipinski definition) is 15. The van der Waals surface area contributed by atoms with Gasteiger partial charge in [0, 0.05) is 10.1 Å². The highest BCUT2D eigenvalue weighted by molar-refractivity contribution is 6.31. The van der Waals surface area contributed by atoms with Crippen LogP contribution in [-0.2, 0) is 38.1 Å². The van der Waals surface area contributed by atoms with Gasteiger partial charge in [0.2, 0.25) is 5.91 Å². The van der Waals surface area contributed by atoms with Gasteiger partial charge < -0.3 is 65.2 Å². The van der Waals surface area contributed by atoms with Crippen molar-refractivity contribution >= 4 is 40.8 Å². The fourth-order valence-corrected chi connectivity index (χ4v) is 6.25. The lowest BCUT2D eigenvalue weighted by atomic mass is 10.0. The zero-order chi connectivity index (χ0) is 41.3. The van der Waals surface area contributed by atoms with E-state index in [2.05, 4.69) is 0 Å². The fraction of sp³-hybridized carbons (Fsp3) is 0.486. The van der Waals surface area contributed by atoms with E-state index in [1.165, 1.54) is 19.1 Å². The minimum Gasteiger partial charge on any atom is -0.507 e. The number of nitrogens with zero attached hydrogens (tertiary/aromatic N) is 1. The molecule has 13 unspecified atom stereocenters. The average molecular weight is 830 g/mol. The maximum absolute atomic E-state index is 13.8. The van der Waals surface area contributed by atoms with Gasteiger partial charge in [0.1, 0.15) is 66.2 Å². The van der Waals surface area contributed by atoms with Crippen molar-refractivity contribution in [2.24, 2.45) is 5.73 Å². The third kappa shape index (κ3) is 11.3. The van der Waals surface area contributed by atoms with E-state index < -0.39 is 128 Å². The van der Waals surface area contributed by atoms with Gasteiger partial charge in [-0.25, -0.2) is 0 Å². The number of nitrogens with two attached hydrogens (primary N) is 1. The minimum atomic E-state index is -1.89. The van der Waals surface area contributed by atoms with Gasteiger partial charge in [-0.15, -0.1) is 0 Å². The summed E-state index contributed by atoms with van der Waals surface area (Å²) < 4.78 is 27.9. The summed E-state index contributed by atoms with van der Waals surface area (Å²) in [6.07, 6.45) is -0.244. The highest BCUT2D eigenvalue weighted by Crippen LogP contribution is 2.35. The highest BCUT2D eigenvalue weighted by atomic mass is 35.5. The predicted molar refractivity (Wildman–Crippen MR) is 198 cm³/mol. The van der Waals surface area contributed by atoms with E-state index in [-0.39, 0.29) is 0 Å². The van der Waals surface area contributed by atoms with Crippen LogP contribution < -0.4 is 5.73 Å². The predicted octanol–water partition coefficient (Wildman–Crippen LogP) is -0.107. The Labute approximate surface area is 332 Å². The number of ketones is 1. The second-order valence-electron chi connectivity index (χ2n) is 13.1. The van der Waals surface area contributed by atoms with Gasteiger partial charge in [0.05, 0.1) is 25.7 Å². The lowest BCUT2D eigenvalue weighted by Crippen LogP contribution is -2.65. The highest BCUT2D eigenvalue weighted by Gasteiger charge is 2.56. The molecule has 4 fully saturated rings. The summed E-state index contributed by atoms with van der Waals surface area (Å²) in [5.74, 6) is -3.88. The Morgan fingerprint density at radius 3 is 2.09 bits per heavy atom. The summed E-state index contributed by atoms with van der Waals surface area (Å²) in [6, 6.07) is -1.63. The summed E-state index contributed by atoms with van der Waals surface area (Å²) in [6.45, 7) is 2.19. The van der Waals surface area contributed by atoms with Crippen LogP contribution in [-0.4, -0.2) is 151 Å². The molecule has 2 amide bonds. The number of rotatable bonds is 14. The van der Waals surface area contributed by atoms with Gasteiger partial charge in [-0.2, -0.15) is 0 Å². The van der Waals surface area contributed by atoms with E-state index in [1.807, 2.05) is 0 Å². The molecular weight excluding hydrogens is 783 g/mol. The summed E-state index contributed by atoms with van der Waals surface area (Å²) in [5.41, 5.74) is 4.68. The van der Waals surface area contributed by atoms with Crippen LogP contribution >= 0.6 is 23.2 Å². The molecule has 0 bridgehead atoms. The van der Waals surface area contributed by atoms with Gasteiger partial charge in [-0.05, 0) is 38.2 Å². The van der Waals surface area contributed by atoms with E-state index in [1.54, 1.807) is 61.6 Å². The van der Waals surface area contributed by atoms with Crippen LogP contribution in [0.2, 0.25) is 0 Å². The Balaban J connectivity index is 1.48. The first-order valence-corrected chi connectivity index (χ1v) is 18.2. The smallest absolute Gasteiger partial charge is 0.264 e. The number of allylic oxidation sites excluding steroid dienone is 14. The Hall–Kier alpha value is -3.53. The number of aliphatic hydroxyl groups is 7. The number of halogens is 2. The number of carbonyl (C=O) groups excluding carboxylic acids is 3. The molecule has 0 aromatic heterocycles. The van der Waals surface area contributed by atoms with Crippen molar-refractivity contribution in [1.82, 2.24) is 4.90 Å². The van der Waals surface area contributed by atoms with Gasteiger partial charge in [0.15, 0.2) is 24.6 Å². The summed E-state index contributed by atoms with van der Waals surface area (Å²) in [4.78, 5) is 40.2. The van der Waals surface area contributed by atoms with Crippen LogP contribution in [0, 0.1) is 0 Å². The number of ether oxygens (including phenoxy) is 5. The molecule has 0 radical (unpaired) electrons. The van der Waals surface area contributed by atoms with Crippen molar-refractivity contribution in [3.63, 3.8) is 0 Å². The monoisotopic (exact) mass is 828 g/mol. The quantitative estimate of drug-likeness (QED) is 0.0492. The molecule has 17 nitrogen and oxygen atoms in total. The lowest BCUT2D eigenvalue weighted by molar-refractivity contribution is -0.338. The molecule has 13 atom stereocenters. The van der Waals surface area contributed by atoms with Crippen LogP contribution in [0.15, 0.2) is 94.3 Å². The zero-order valence-electron chi connectivity index (χ0n) is 30.2. The molecule has 4 saturated heterocycles. The Morgan fingerprint density at radius 2 is 1.46 bits per heavy atom. The van der Waals surface area contributed by atoms with E-state index in [4.69, 9.17) is 52.6 Å². The van der Waals surface area contributed by atoms with Crippen molar-refractivity contribution < 1.29 is 73.8 Å². The first-order valence-electron chi connectivity index (χ1n) is 17.4. The Bertz CT molecular complexity index is 1670. The first-order chi connectivity index (χ1) is 26.5. The number of Topliss-reactive ketones (excluding diaryl/α,β-unsaturated/α-hetero) is 1. The van der Waals surface area contributed by atoms with Crippen molar-refractivity contribution in [2.45, 2.75) is 100 Å². The van der Waals surface area contributed by atoms with E-state index >= 15 is 0 Å². The average Bonchev–Trinajstić information content (AvgIpc) is 3.52. The molecule has 0 aromatic carbocycles. The number of amides is 2. The third-order valence-electron chi connectivity index (χ3n) is 8.96. The molecule has 4 rings (SSSR count). The molecule has 4 aliphatic rings. The number of primary amides is 1. The third-order valence-corrected chi connectivity index (χ3v) is 9.34. The maximum Gasteiger partial charge on any atom is 0.264 e. The largest absolute Gasteiger partial charge is 0.507 e. The SMILES string of the molecule is CC(Cl)=CC=CC(Cl)=CC=CC=CC=CC=CC(O)=C1C(=O)C(CC(N)=O)N(C2OCC(O)C(O)C2OC2OCC(OC3OC(C)C(O)C3O)C(O)C2O)C1=O. The lowest BCUT2D eigenvalue weighted by Gasteiger charge is -2.46. The van der Waals surface area contributed by atoms with Gasteiger partial charge in [-0.1, -0.05) is 71.8 Å². The normalized spacial score (nSPS) is 37.5. The molecule has 0 spiro atoms. The molecule has 9 N–H and O–H groups in total. The molecule has 0 aromatic rings. The molecule has 0 aliphatic carbocycles. The van der Waals surface area contributed by atoms with Crippen LogP contribution in [0.3, 0.4) is 0 Å². The summed E-state index contributed by atoms with van der Waals surface area (Å²) >= 11 is 11.8. The second-order valence-corrected chi connectivity index (χ2v) is 14.2. The van der Waals surface area contributed by atoms with Crippen LogP contribution in [0.4, 0.5) is 0 Å². The molecule has 56 heavy (non-hydrogen) atoms. The molecule has 308 valence electrons. The van der Waals surface area contributed by atoms with E-state index in [0.29, 0.717) is 10.1 Å². The van der Waals surface area contributed by atoms with E-state index in [9.17, 15) is 50.1 Å². The number of carbonyl (C=O) groups is 3. The summed E-state index contributed by atoms with van der Waals surface area (Å²) in [7, 11) is 0. The molecular formula is C37H46Cl2N2O15. The fourth-order valence-electron chi connectivity index (χ4n) is 6.03. The van der Waals surface area contributed by atoms with Crippen molar-refractivity contribution in [2.75, 3.05) is 13.2 Å². The van der Waals surface area contributed by atoms with Crippen LogP contribution in [0.1, 0.15) is 20.3 Å². The van der Waals surface area contributed by atoms with Gasteiger partial charge in [-0.3, -0.25) is 19.3 Å². The molecule has 4 aliphatic heterocycles. The van der Waals surface area contributed by atoms with Crippen molar-refractivity contribution in [3.05, 3.63) is 94.3 Å². The number of hydrogen-bond donors (Lipinski definition) is 8. The Morgan fingerprint density at radius 1 is 0.821 bits per heavy atom. The van der Waals surface area contributed by atoms with Crippen LogP contribution in [0.5, 0.6) is 0 Å². The van der Waals surface area contributed by atoms with Crippen molar-refractivity contribution in [1.29, 1.82) is 0 Å². The Kier molecular flexibility index (Phi) is 16.7. The van der Waals surface area contributed by atoms with Crippen LogP contribution in [0.25, 0.3) is 0 Å². The zero-order valence-corrected chi connectivity index (χ0v) is 31.7. The van der Waals surface area contributed by atoms with Gasteiger partial charge in [0.25, 0.3) is 5.91 Å².